The molecular formula is C16H20N2O6. The number of esters is 1. The number of benzene rings is 1. The van der Waals surface area contributed by atoms with Crippen molar-refractivity contribution in [1.82, 2.24) is 4.90 Å². The molecule has 0 bridgehead atoms. The molecule has 0 unspecified atom stereocenters. The molecule has 0 N–H and O–H groups in total. The summed E-state index contributed by atoms with van der Waals surface area (Å²) in [4.78, 5) is 36.0. The number of ether oxygens (including phenoxy) is 2. The maximum atomic E-state index is 12.1. The van der Waals surface area contributed by atoms with Gasteiger partial charge in [0, 0.05) is 24.7 Å². The van der Waals surface area contributed by atoms with Crippen LogP contribution in [0.1, 0.15) is 29.8 Å². The van der Waals surface area contributed by atoms with Gasteiger partial charge in [-0.05, 0) is 32.9 Å². The molecule has 0 saturated carbocycles. The number of hydrogen-bond donors (Lipinski definition) is 0. The van der Waals surface area contributed by atoms with Crippen molar-refractivity contribution in [2.45, 2.75) is 33.0 Å². The SMILES string of the molecule is Cc1cc(C(=O)OCC(=O)N2C[C@@H](C)O[C@H](C)C2)ccc1[N+](=O)[O-]. The van der Waals surface area contributed by atoms with Crippen molar-refractivity contribution < 1.29 is 24.0 Å². The molecule has 8 nitrogen and oxygen atoms in total. The number of morpholine rings is 1. The molecule has 1 aliphatic rings. The Morgan fingerprint density at radius 3 is 2.50 bits per heavy atom. The number of nitro groups is 1. The molecule has 2 rings (SSSR count). The van der Waals surface area contributed by atoms with E-state index in [4.69, 9.17) is 9.47 Å². The summed E-state index contributed by atoms with van der Waals surface area (Å²) in [6, 6.07) is 3.94. The number of amides is 1. The van der Waals surface area contributed by atoms with Crippen molar-refractivity contribution in [3.8, 4) is 0 Å². The number of nitrogens with zero attached hydrogens (tertiary/aromatic N) is 2. The Hall–Kier alpha value is -2.48. The highest BCUT2D eigenvalue weighted by Gasteiger charge is 2.26. The normalized spacial score (nSPS) is 20.5. The minimum Gasteiger partial charge on any atom is -0.452 e. The zero-order chi connectivity index (χ0) is 17.9. The molecule has 1 aromatic carbocycles. The molecule has 2 atom stereocenters. The van der Waals surface area contributed by atoms with Crippen LogP contribution in [0.4, 0.5) is 5.69 Å². The molecule has 1 amide bonds. The maximum Gasteiger partial charge on any atom is 0.338 e. The average molecular weight is 336 g/mol. The quantitative estimate of drug-likeness (QED) is 0.471. The summed E-state index contributed by atoms with van der Waals surface area (Å²) < 4.78 is 10.6. The minimum absolute atomic E-state index is 0.0641. The molecule has 24 heavy (non-hydrogen) atoms. The summed E-state index contributed by atoms with van der Waals surface area (Å²) in [7, 11) is 0. The van der Waals surface area contributed by atoms with Gasteiger partial charge in [0.05, 0.1) is 22.7 Å². The predicted octanol–water partition coefficient (Wildman–Crippen LogP) is 1.70. The topological polar surface area (TPSA) is 99.0 Å². The molecule has 130 valence electrons. The maximum absolute atomic E-state index is 12.1. The van der Waals surface area contributed by atoms with E-state index in [2.05, 4.69) is 0 Å². The van der Waals surface area contributed by atoms with E-state index < -0.39 is 10.9 Å². The van der Waals surface area contributed by atoms with Gasteiger partial charge in [0.25, 0.3) is 11.6 Å². The number of nitro benzene ring substituents is 1. The summed E-state index contributed by atoms with van der Waals surface area (Å²) in [5, 5.41) is 10.8. The molecule has 0 radical (unpaired) electrons. The lowest BCUT2D eigenvalue weighted by atomic mass is 10.1. The monoisotopic (exact) mass is 336 g/mol. The van der Waals surface area contributed by atoms with Crippen LogP contribution in [-0.2, 0) is 14.3 Å². The van der Waals surface area contributed by atoms with E-state index in [1.54, 1.807) is 4.90 Å². The van der Waals surface area contributed by atoms with E-state index in [0.29, 0.717) is 18.7 Å². The third-order valence-corrected chi connectivity index (χ3v) is 3.73. The Morgan fingerprint density at radius 2 is 1.96 bits per heavy atom. The first-order valence-electron chi connectivity index (χ1n) is 7.63. The lowest BCUT2D eigenvalue weighted by Gasteiger charge is -2.35. The molecule has 0 aliphatic carbocycles. The van der Waals surface area contributed by atoms with Gasteiger partial charge < -0.3 is 14.4 Å². The second-order valence-electron chi connectivity index (χ2n) is 5.89. The number of carbonyl (C=O) groups is 2. The van der Waals surface area contributed by atoms with Crippen molar-refractivity contribution >= 4 is 17.6 Å². The lowest BCUT2D eigenvalue weighted by molar-refractivity contribution is -0.385. The number of aryl methyl sites for hydroxylation is 1. The highest BCUT2D eigenvalue weighted by atomic mass is 16.6. The molecule has 8 heteroatoms. The highest BCUT2D eigenvalue weighted by Crippen LogP contribution is 2.19. The minimum atomic E-state index is -0.685. The summed E-state index contributed by atoms with van der Waals surface area (Å²) in [6.45, 7) is 5.84. The van der Waals surface area contributed by atoms with Gasteiger partial charge in [0.2, 0.25) is 0 Å². The zero-order valence-electron chi connectivity index (χ0n) is 13.9. The van der Waals surface area contributed by atoms with Gasteiger partial charge in [0.1, 0.15) is 0 Å². The van der Waals surface area contributed by atoms with Crippen LogP contribution in [0.15, 0.2) is 18.2 Å². The second kappa shape index (κ2) is 7.39. The summed E-state index contributed by atoms with van der Waals surface area (Å²) in [5.41, 5.74) is 0.463. The van der Waals surface area contributed by atoms with Crippen LogP contribution in [0.25, 0.3) is 0 Å². The lowest BCUT2D eigenvalue weighted by Crippen LogP contribution is -2.49. The van der Waals surface area contributed by atoms with E-state index in [0.717, 1.165) is 0 Å². The molecule has 0 spiro atoms. The fourth-order valence-corrected chi connectivity index (χ4v) is 2.67. The third-order valence-electron chi connectivity index (χ3n) is 3.73. The Morgan fingerprint density at radius 1 is 1.33 bits per heavy atom. The standard InChI is InChI=1S/C16H20N2O6/c1-10-6-13(4-5-14(10)18(21)22)16(20)23-9-15(19)17-7-11(2)24-12(3)8-17/h4-6,11-12H,7-9H2,1-3H3/t11-,12-/m1/s1. The van der Waals surface area contributed by atoms with Crippen molar-refractivity contribution in [3.63, 3.8) is 0 Å². The zero-order valence-corrected chi connectivity index (χ0v) is 13.9. The van der Waals surface area contributed by atoms with Crippen LogP contribution in [-0.4, -0.2) is 53.6 Å². The fourth-order valence-electron chi connectivity index (χ4n) is 2.67. The van der Waals surface area contributed by atoms with E-state index in [1.807, 2.05) is 13.8 Å². The van der Waals surface area contributed by atoms with Gasteiger partial charge in [0.15, 0.2) is 6.61 Å². The smallest absolute Gasteiger partial charge is 0.338 e. The second-order valence-corrected chi connectivity index (χ2v) is 5.89. The van der Waals surface area contributed by atoms with Gasteiger partial charge in [-0.2, -0.15) is 0 Å². The molecule has 1 saturated heterocycles. The third kappa shape index (κ3) is 4.29. The molecule has 1 aromatic rings. The van der Waals surface area contributed by atoms with Crippen LogP contribution >= 0.6 is 0 Å². The summed E-state index contributed by atoms with van der Waals surface area (Å²) >= 11 is 0. The van der Waals surface area contributed by atoms with Gasteiger partial charge >= 0.3 is 5.97 Å². The van der Waals surface area contributed by atoms with E-state index in [-0.39, 0.29) is 36.0 Å². The van der Waals surface area contributed by atoms with Crippen LogP contribution in [0.3, 0.4) is 0 Å². The average Bonchev–Trinajstić information content (AvgIpc) is 2.50. The first-order chi connectivity index (χ1) is 11.3. The van der Waals surface area contributed by atoms with Crippen LogP contribution in [0.5, 0.6) is 0 Å². The molecule has 1 heterocycles. The fraction of sp³-hybridized carbons (Fsp3) is 0.500. The van der Waals surface area contributed by atoms with Crippen molar-refractivity contribution in [1.29, 1.82) is 0 Å². The van der Waals surface area contributed by atoms with E-state index in [1.165, 1.54) is 25.1 Å². The number of rotatable bonds is 4. The first kappa shape index (κ1) is 17.9. The molecule has 1 aliphatic heterocycles. The van der Waals surface area contributed by atoms with Gasteiger partial charge in [-0.15, -0.1) is 0 Å². The summed E-state index contributed by atoms with van der Waals surface area (Å²) in [6.07, 6.45) is -0.128. The Balaban J connectivity index is 1.94. The van der Waals surface area contributed by atoms with Crippen LogP contribution in [0, 0.1) is 17.0 Å². The van der Waals surface area contributed by atoms with Crippen LogP contribution in [0.2, 0.25) is 0 Å². The molecule has 1 fully saturated rings. The van der Waals surface area contributed by atoms with Gasteiger partial charge in [-0.3, -0.25) is 14.9 Å². The Labute approximate surface area is 139 Å². The largest absolute Gasteiger partial charge is 0.452 e. The molecule has 0 aromatic heterocycles. The number of carbonyl (C=O) groups excluding carboxylic acids is 2. The van der Waals surface area contributed by atoms with Crippen molar-refractivity contribution in [3.05, 3.63) is 39.4 Å². The Bertz CT molecular complexity index is 650. The van der Waals surface area contributed by atoms with Gasteiger partial charge in [-0.1, -0.05) is 0 Å². The van der Waals surface area contributed by atoms with Crippen LogP contribution < -0.4 is 0 Å². The van der Waals surface area contributed by atoms with E-state index in [9.17, 15) is 19.7 Å². The van der Waals surface area contributed by atoms with Crippen molar-refractivity contribution in [2.24, 2.45) is 0 Å². The van der Waals surface area contributed by atoms with Gasteiger partial charge in [-0.25, -0.2) is 4.79 Å². The Kier molecular flexibility index (Phi) is 5.50. The predicted molar refractivity (Wildman–Crippen MR) is 84.7 cm³/mol. The van der Waals surface area contributed by atoms with Crippen molar-refractivity contribution in [2.75, 3.05) is 19.7 Å². The summed E-state index contributed by atoms with van der Waals surface area (Å²) in [5.74, 6) is -0.973. The van der Waals surface area contributed by atoms with E-state index >= 15 is 0 Å². The molecular weight excluding hydrogens is 316 g/mol. The highest BCUT2D eigenvalue weighted by molar-refractivity contribution is 5.91. The first-order valence-corrected chi connectivity index (χ1v) is 7.63. The number of hydrogen-bond acceptors (Lipinski definition) is 6.